The number of thiocarbonyl (C=S) groups is 1. The maximum atomic E-state index is 11.9. The van der Waals surface area contributed by atoms with E-state index in [1.165, 1.54) is 6.92 Å². The van der Waals surface area contributed by atoms with Crippen LogP contribution in [0.3, 0.4) is 0 Å². The van der Waals surface area contributed by atoms with E-state index in [2.05, 4.69) is 26.6 Å². The number of rotatable bonds is 7. The second-order valence-corrected chi connectivity index (χ2v) is 8.46. The van der Waals surface area contributed by atoms with Crippen LogP contribution < -0.4 is 10.6 Å². The number of anilines is 1. The number of nitrogens with one attached hydrogen (secondary N) is 2. The Hall–Kier alpha value is -2.77. The predicted octanol–water partition coefficient (Wildman–Crippen LogP) is 1.82. The van der Waals surface area contributed by atoms with Gasteiger partial charge in [-0.1, -0.05) is 12.1 Å². The summed E-state index contributed by atoms with van der Waals surface area (Å²) in [4.78, 5) is 46.9. The summed E-state index contributed by atoms with van der Waals surface area (Å²) in [5, 5.41) is 5.93. The van der Waals surface area contributed by atoms with Gasteiger partial charge in [-0.05, 0) is 40.3 Å². The number of carbonyl (C=O) groups is 4. The van der Waals surface area contributed by atoms with E-state index < -0.39 is 54.5 Å². The third kappa shape index (κ3) is 8.22. The molecule has 3 unspecified atom stereocenters. The van der Waals surface area contributed by atoms with E-state index in [0.717, 1.165) is 25.2 Å². The molecule has 2 N–H and O–H groups in total. The van der Waals surface area contributed by atoms with Crippen molar-refractivity contribution in [2.24, 2.45) is 0 Å². The highest BCUT2D eigenvalue weighted by atomic mass is 79.9. The van der Waals surface area contributed by atoms with Crippen LogP contribution in [0, 0.1) is 0 Å². The zero-order valence-electron chi connectivity index (χ0n) is 18.9. The Morgan fingerprint density at radius 3 is 2.03 bits per heavy atom. The summed E-state index contributed by atoms with van der Waals surface area (Å²) in [6.07, 6.45) is -6.04. The van der Waals surface area contributed by atoms with Crippen molar-refractivity contribution in [3.05, 3.63) is 28.7 Å². The van der Waals surface area contributed by atoms with Gasteiger partial charge in [0.1, 0.15) is 12.7 Å². The molecular weight excluding hydrogens is 536 g/mol. The molecule has 0 radical (unpaired) electrons. The summed E-state index contributed by atoms with van der Waals surface area (Å²) in [7, 11) is 0. The number of carbonyl (C=O) groups excluding carboxylic acids is 4. The van der Waals surface area contributed by atoms with Crippen LogP contribution in [0.5, 0.6) is 0 Å². The van der Waals surface area contributed by atoms with Crippen molar-refractivity contribution in [3.63, 3.8) is 0 Å². The molecule has 1 heterocycles. The van der Waals surface area contributed by atoms with Gasteiger partial charge in [0.2, 0.25) is 0 Å². The summed E-state index contributed by atoms with van der Waals surface area (Å²) < 4.78 is 27.8. The zero-order chi connectivity index (χ0) is 25.4. The first kappa shape index (κ1) is 27.5. The SMILES string of the molecule is CC(=O)OCC1O[C@H](NC(=S)Nc2ccccc2Br)C(OC(C)=O)C(OC(C)=O)[C@@H]1OC(C)=O. The monoisotopic (exact) mass is 560 g/mol. The highest BCUT2D eigenvalue weighted by Crippen LogP contribution is 2.29. The molecule has 186 valence electrons. The number of benzene rings is 1. The van der Waals surface area contributed by atoms with E-state index in [-0.39, 0.29) is 11.7 Å². The van der Waals surface area contributed by atoms with Gasteiger partial charge in [-0.15, -0.1) is 0 Å². The smallest absolute Gasteiger partial charge is 0.303 e. The molecule has 11 nitrogen and oxygen atoms in total. The summed E-state index contributed by atoms with van der Waals surface area (Å²) >= 11 is 8.77. The van der Waals surface area contributed by atoms with Crippen molar-refractivity contribution >= 4 is 62.8 Å². The second-order valence-electron chi connectivity index (χ2n) is 7.20. The highest BCUT2D eigenvalue weighted by Gasteiger charge is 2.52. The van der Waals surface area contributed by atoms with E-state index in [1.807, 2.05) is 6.07 Å². The lowest BCUT2D eigenvalue weighted by Crippen LogP contribution is -2.66. The van der Waals surface area contributed by atoms with Gasteiger partial charge in [0.15, 0.2) is 29.7 Å². The number of halogens is 1. The minimum absolute atomic E-state index is 0.0906. The topological polar surface area (TPSA) is 138 Å². The number of ether oxygens (including phenoxy) is 5. The molecule has 0 spiro atoms. The fraction of sp³-hybridized carbons (Fsp3) is 0.476. The average molecular weight is 561 g/mol. The quantitative estimate of drug-likeness (QED) is 0.285. The van der Waals surface area contributed by atoms with Crippen molar-refractivity contribution in [3.8, 4) is 0 Å². The number of para-hydroxylation sites is 1. The van der Waals surface area contributed by atoms with Gasteiger partial charge in [-0.25, -0.2) is 0 Å². The van der Waals surface area contributed by atoms with Gasteiger partial charge in [0, 0.05) is 32.2 Å². The molecule has 1 saturated heterocycles. The first-order valence-corrected chi connectivity index (χ1v) is 11.3. The first-order valence-electron chi connectivity index (χ1n) is 10.1. The highest BCUT2D eigenvalue weighted by molar-refractivity contribution is 9.10. The molecule has 0 bridgehead atoms. The van der Waals surface area contributed by atoms with Crippen LogP contribution in [0.15, 0.2) is 28.7 Å². The van der Waals surface area contributed by atoms with Gasteiger partial charge >= 0.3 is 23.9 Å². The van der Waals surface area contributed by atoms with Crippen molar-refractivity contribution in [2.75, 3.05) is 11.9 Å². The Balaban J connectivity index is 2.37. The summed E-state index contributed by atoms with van der Waals surface area (Å²) in [5.41, 5.74) is 0.644. The van der Waals surface area contributed by atoms with E-state index in [4.69, 9.17) is 35.9 Å². The standard InChI is InChI=1S/C21H25BrN2O9S/c1-10(25)29-9-16-17(30-11(2)26)18(31-12(3)27)19(32-13(4)28)20(33-16)24-21(34)23-15-8-6-5-7-14(15)22/h5-8,16-20H,9H2,1-4H3,(H2,23,24,34)/t16?,17-,18?,19?,20+/m1/s1. The maximum absolute atomic E-state index is 11.9. The average Bonchev–Trinajstić information content (AvgIpc) is 2.71. The third-order valence-electron chi connectivity index (χ3n) is 4.39. The molecule has 1 aromatic rings. The number of hydrogen-bond donors (Lipinski definition) is 2. The molecule has 0 aliphatic carbocycles. The second kappa shape index (κ2) is 12.6. The van der Waals surface area contributed by atoms with Crippen LogP contribution in [0.4, 0.5) is 5.69 Å². The molecule has 13 heteroatoms. The van der Waals surface area contributed by atoms with Crippen LogP contribution in [0.25, 0.3) is 0 Å². The summed E-state index contributed by atoms with van der Waals surface area (Å²) in [6, 6.07) is 7.19. The van der Waals surface area contributed by atoms with Crippen molar-refractivity contribution < 1.29 is 42.9 Å². The van der Waals surface area contributed by atoms with Gasteiger partial charge in [0.25, 0.3) is 0 Å². The Labute approximate surface area is 209 Å². The fourth-order valence-electron chi connectivity index (χ4n) is 3.19. The Morgan fingerprint density at radius 2 is 1.47 bits per heavy atom. The molecule has 1 aliphatic rings. The van der Waals surface area contributed by atoms with Gasteiger partial charge < -0.3 is 34.3 Å². The lowest BCUT2D eigenvalue weighted by Gasteiger charge is -2.44. The molecular formula is C21H25BrN2O9S. The van der Waals surface area contributed by atoms with Crippen LogP contribution >= 0.6 is 28.1 Å². The minimum Gasteiger partial charge on any atom is -0.463 e. The molecule has 5 atom stereocenters. The summed E-state index contributed by atoms with van der Waals surface area (Å²) in [6.45, 7) is 4.32. The number of hydrogen-bond acceptors (Lipinski definition) is 10. The fourth-order valence-corrected chi connectivity index (χ4v) is 3.80. The predicted molar refractivity (Wildman–Crippen MR) is 125 cm³/mol. The van der Waals surface area contributed by atoms with Crippen LogP contribution in [0.2, 0.25) is 0 Å². The van der Waals surface area contributed by atoms with E-state index in [9.17, 15) is 19.2 Å². The Bertz CT molecular complexity index is 945. The largest absolute Gasteiger partial charge is 0.463 e. The third-order valence-corrected chi connectivity index (χ3v) is 5.30. The molecule has 0 amide bonds. The van der Waals surface area contributed by atoms with Gasteiger partial charge in [-0.2, -0.15) is 0 Å². The summed E-state index contributed by atoms with van der Waals surface area (Å²) in [5.74, 6) is -2.74. The van der Waals surface area contributed by atoms with Gasteiger partial charge in [0.05, 0.1) is 5.69 Å². The minimum atomic E-state index is -1.29. The molecule has 1 aliphatic heterocycles. The van der Waals surface area contributed by atoms with E-state index >= 15 is 0 Å². The maximum Gasteiger partial charge on any atom is 0.303 e. The first-order chi connectivity index (χ1) is 16.0. The molecule has 0 aromatic heterocycles. The molecule has 2 rings (SSSR count). The number of esters is 4. The molecule has 1 aromatic carbocycles. The Kier molecular flexibility index (Phi) is 10.2. The lowest BCUT2D eigenvalue weighted by atomic mass is 9.97. The van der Waals surface area contributed by atoms with Crippen molar-refractivity contribution in [2.45, 2.75) is 58.3 Å². The zero-order valence-corrected chi connectivity index (χ0v) is 21.3. The van der Waals surface area contributed by atoms with E-state index in [0.29, 0.717) is 5.69 Å². The van der Waals surface area contributed by atoms with Crippen LogP contribution in [-0.2, 0) is 42.9 Å². The van der Waals surface area contributed by atoms with Crippen LogP contribution in [0.1, 0.15) is 27.7 Å². The van der Waals surface area contributed by atoms with Crippen molar-refractivity contribution in [1.29, 1.82) is 0 Å². The normalized spacial score (nSPS) is 23.7. The Morgan fingerprint density at radius 1 is 0.912 bits per heavy atom. The van der Waals surface area contributed by atoms with Crippen LogP contribution in [-0.4, -0.2) is 66.2 Å². The van der Waals surface area contributed by atoms with Crippen molar-refractivity contribution in [1.82, 2.24) is 5.32 Å². The lowest BCUT2D eigenvalue weighted by molar-refractivity contribution is -0.254. The molecule has 0 saturated carbocycles. The van der Waals surface area contributed by atoms with E-state index in [1.54, 1.807) is 18.2 Å². The molecule has 34 heavy (non-hydrogen) atoms. The molecule has 1 fully saturated rings. The van der Waals surface area contributed by atoms with Gasteiger partial charge in [-0.3, -0.25) is 19.2 Å².